The zero-order valence-corrected chi connectivity index (χ0v) is 15.0. The second-order valence-corrected chi connectivity index (χ2v) is 5.95. The largest absolute Gasteiger partial charge is 0.453 e. The third kappa shape index (κ3) is 4.38. The van der Waals surface area contributed by atoms with Crippen LogP contribution < -0.4 is 10.2 Å². The van der Waals surface area contributed by atoms with Crippen LogP contribution in [0.2, 0.25) is 0 Å². The number of alkyl carbamates (subject to hydrolysis) is 1. The molecule has 0 aromatic heterocycles. The molecule has 140 valence electrons. The Kier molecular flexibility index (Phi) is 6.32. The minimum atomic E-state index is -1.17. The Balaban J connectivity index is 2.00. The fraction of sp³-hybridized carbons (Fsp3) is 0.444. The van der Waals surface area contributed by atoms with Crippen molar-refractivity contribution in [1.82, 2.24) is 5.32 Å². The third-order valence-electron chi connectivity index (χ3n) is 4.19. The minimum absolute atomic E-state index is 0.0161. The van der Waals surface area contributed by atoms with Gasteiger partial charge in [0.1, 0.15) is 0 Å². The molecule has 1 aliphatic heterocycles. The number of anilines is 1. The average molecular weight is 362 g/mol. The Morgan fingerprint density at radius 3 is 2.65 bits per heavy atom. The average Bonchev–Trinajstić information content (AvgIpc) is 3.03. The lowest BCUT2D eigenvalue weighted by atomic mass is 10.1. The summed E-state index contributed by atoms with van der Waals surface area (Å²) < 4.78 is 9.40. The Morgan fingerprint density at radius 1 is 1.31 bits per heavy atom. The zero-order chi connectivity index (χ0) is 19.3. The van der Waals surface area contributed by atoms with Crippen LogP contribution in [0.1, 0.15) is 25.8 Å². The first-order valence-corrected chi connectivity index (χ1v) is 8.34. The van der Waals surface area contributed by atoms with Crippen LogP contribution in [0.4, 0.5) is 10.5 Å². The number of rotatable bonds is 5. The van der Waals surface area contributed by atoms with Gasteiger partial charge >= 0.3 is 12.1 Å². The smallest absolute Gasteiger partial charge is 0.413 e. The summed E-state index contributed by atoms with van der Waals surface area (Å²) in [5.74, 6) is -2.27. The molecular weight excluding hydrogens is 340 g/mol. The topological polar surface area (TPSA) is 102 Å². The van der Waals surface area contributed by atoms with E-state index in [2.05, 4.69) is 4.74 Å². The van der Waals surface area contributed by atoms with Crippen molar-refractivity contribution in [2.24, 2.45) is 5.92 Å². The summed E-state index contributed by atoms with van der Waals surface area (Å²) in [6.07, 6.45) is -1.33. The highest BCUT2D eigenvalue weighted by Gasteiger charge is 2.38. The number of nitrogens with zero attached hydrogens (tertiary/aromatic N) is 1. The summed E-state index contributed by atoms with van der Waals surface area (Å²) in [5, 5.41) is 1.93. The van der Waals surface area contributed by atoms with Crippen molar-refractivity contribution in [2.75, 3.05) is 18.6 Å². The SMILES string of the molecule is CCc1ccccc1N1C[C@@H](C(=O)O[C@@H](C)C(=O)NC(=O)OC)CC1=O. The highest BCUT2D eigenvalue weighted by molar-refractivity contribution is 6.00. The van der Waals surface area contributed by atoms with Gasteiger partial charge in [0, 0.05) is 18.7 Å². The number of amides is 3. The summed E-state index contributed by atoms with van der Waals surface area (Å²) >= 11 is 0. The van der Waals surface area contributed by atoms with E-state index in [0.717, 1.165) is 24.8 Å². The highest BCUT2D eigenvalue weighted by Crippen LogP contribution is 2.29. The van der Waals surface area contributed by atoms with E-state index in [1.165, 1.54) is 6.92 Å². The molecule has 2 atom stereocenters. The van der Waals surface area contributed by atoms with Gasteiger partial charge in [-0.05, 0) is 25.0 Å². The number of para-hydroxylation sites is 1. The lowest BCUT2D eigenvalue weighted by Gasteiger charge is -2.20. The summed E-state index contributed by atoms with van der Waals surface area (Å²) in [5.41, 5.74) is 1.80. The fourth-order valence-electron chi connectivity index (χ4n) is 2.75. The van der Waals surface area contributed by atoms with Crippen molar-refractivity contribution in [2.45, 2.75) is 32.8 Å². The molecule has 8 heteroatoms. The number of imide groups is 1. The van der Waals surface area contributed by atoms with E-state index in [-0.39, 0.29) is 18.9 Å². The van der Waals surface area contributed by atoms with Gasteiger partial charge in [0.05, 0.1) is 13.0 Å². The number of esters is 1. The van der Waals surface area contributed by atoms with Crippen LogP contribution in [-0.2, 0) is 30.3 Å². The summed E-state index contributed by atoms with van der Waals surface area (Å²) in [6, 6.07) is 7.52. The monoisotopic (exact) mass is 362 g/mol. The number of carbonyl (C=O) groups excluding carboxylic acids is 4. The molecule has 0 bridgehead atoms. The summed E-state index contributed by atoms with van der Waals surface area (Å²) in [7, 11) is 1.12. The van der Waals surface area contributed by atoms with Gasteiger partial charge in [0.15, 0.2) is 6.10 Å². The first-order chi connectivity index (χ1) is 12.4. The number of ether oxygens (including phenoxy) is 2. The van der Waals surface area contributed by atoms with Gasteiger partial charge in [0.25, 0.3) is 5.91 Å². The molecule has 0 spiro atoms. The molecule has 1 aromatic rings. The van der Waals surface area contributed by atoms with Crippen LogP contribution >= 0.6 is 0 Å². The van der Waals surface area contributed by atoms with Crippen LogP contribution in [0.3, 0.4) is 0 Å². The maximum atomic E-state index is 12.3. The molecule has 1 fully saturated rings. The van der Waals surface area contributed by atoms with Crippen molar-refractivity contribution >= 4 is 29.6 Å². The van der Waals surface area contributed by atoms with E-state index >= 15 is 0 Å². The van der Waals surface area contributed by atoms with Gasteiger partial charge in [-0.1, -0.05) is 25.1 Å². The lowest BCUT2D eigenvalue weighted by molar-refractivity contribution is -0.158. The molecule has 1 saturated heterocycles. The zero-order valence-electron chi connectivity index (χ0n) is 15.0. The molecule has 8 nitrogen and oxygen atoms in total. The molecule has 0 saturated carbocycles. The van der Waals surface area contributed by atoms with E-state index in [0.29, 0.717) is 0 Å². The van der Waals surface area contributed by atoms with E-state index in [1.807, 2.05) is 36.5 Å². The van der Waals surface area contributed by atoms with E-state index in [1.54, 1.807) is 4.90 Å². The van der Waals surface area contributed by atoms with Crippen molar-refractivity contribution in [3.05, 3.63) is 29.8 Å². The van der Waals surface area contributed by atoms with Crippen LogP contribution in [0, 0.1) is 5.92 Å². The van der Waals surface area contributed by atoms with Crippen LogP contribution in [0.15, 0.2) is 24.3 Å². The molecule has 0 aliphatic carbocycles. The molecule has 2 rings (SSSR count). The predicted molar refractivity (Wildman–Crippen MR) is 92.4 cm³/mol. The normalized spacial score (nSPS) is 17.6. The first kappa shape index (κ1) is 19.4. The molecule has 0 radical (unpaired) electrons. The number of methoxy groups -OCH3 is 1. The van der Waals surface area contributed by atoms with Gasteiger partial charge in [-0.25, -0.2) is 4.79 Å². The lowest BCUT2D eigenvalue weighted by Crippen LogP contribution is -2.40. The number of carbonyl (C=O) groups is 4. The van der Waals surface area contributed by atoms with Crippen molar-refractivity contribution in [3.8, 4) is 0 Å². The molecule has 1 heterocycles. The fourth-order valence-corrected chi connectivity index (χ4v) is 2.75. The first-order valence-electron chi connectivity index (χ1n) is 8.34. The maximum Gasteiger partial charge on any atom is 0.413 e. The van der Waals surface area contributed by atoms with Gasteiger partial charge in [-0.2, -0.15) is 0 Å². The van der Waals surface area contributed by atoms with Crippen LogP contribution in [-0.4, -0.2) is 43.6 Å². The predicted octanol–water partition coefficient (Wildman–Crippen LogP) is 1.42. The molecule has 1 aliphatic rings. The third-order valence-corrected chi connectivity index (χ3v) is 4.19. The molecule has 1 N–H and O–H groups in total. The number of benzene rings is 1. The summed E-state index contributed by atoms with van der Waals surface area (Å²) in [6.45, 7) is 3.53. The van der Waals surface area contributed by atoms with Gasteiger partial charge in [-0.15, -0.1) is 0 Å². The molecular formula is C18H22N2O6. The van der Waals surface area contributed by atoms with Crippen LogP contribution in [0.25, 0.3) is 0 Å². The number of hydrogen-bond donors (Lipinski definition) is 1. The molecule has 1 aromatic carbocycles. The molecule has 26 heavy (non-hydrogen) atoms. The van der Waals surface area contributed by atoms with Crippen LogP contribution in [0.5, 0.6) is 0 Å². The highest BCUT2D eigenvalue weighted by atomic mass is 16.6. The van der Waals surface area contributed by atoms with Crippen molar-refractivity contribution in [1.29, 1.82) is 0 Å². The minimum Gasteiger partial charge on any atom is -0.453 e. The summed E-state index contributed by atoms with van der Waals surface area (Å²) in [4.78, 5) is 49.0. The van der Waals surface area contributed by atoms with E-state index in [9.17, 15) is 19.2 Å². The standard InChI is InChI=1S/C18H22N2O6/c1-4-12-7-5-6-8-14(12)20-10-13(9-15(20)21)17(23)26-11(2)16(22)19-18(24)25-3/h5-8,11,13H,4,9-10H2,1-3H3,(H,19,22,24)/t11-,13-/m0/s1. The van der Waals surface area contributed by atoms with E-state index < -0.39 is 30.0 Å². The molecule has 3 amide bonds. The quantitative estimate of drug-likeness (QED) is 0.795. The second kappa shape index (κ2) is 8.46. The number of aryl methyl sites for hydroxylation is 1. The second-order valence-electron chi connectivity index (χ2n) is 5.95. The van der Waals surface area contributed by atoms with E-state index in [4.69, 9.17) is 4.74 Å². The Labute approximate surface area is 151 Å². The van der Waals surface area contributed by atoms with Crippen molar-refractivity contribution < 1.29 is 28.7 Å². The number of hydrogen-bond acceptors (Lipinski definition) is 6. The van der Waals surface area contributed by atoms with Gasteiger partial charge in [-0.3, -0.25) is 19.7 Å². The Morgan fingerprint density at radius 2 is 2.00 bits per heavy atom. The van der Waals surface area contributed by atoms with Gasteiger partial charge < -0.3 is 14.4 Å². The van der Waals surface area contributed by atoms with Gasteiger partial charge in [0.2, 0.25) is 5.91 Å². The molecule has 0 unspecified atom stereocenters. The number of nitrogens with one attached hydrogen (secondary N) is 1. The maximum absolute atomic E-state index is 12.3. The Bertz CT molecular complexity index is 717. The van der Waals surface area contributed by atoms with Crippen molar-refractivity contribution in [3.63, 3.8) is 0 Å². The Hall–Kier alpha value is -2.90.